The zero-order valence-corrected chi connectivity index (χ0v) is 15.5. The smallest absolute Gasteiger partial charge is 0.255 e. The summed E-state index contributed by atoms with van der Waals surface area (Å²) in [6.45, 7) is 8.56. The summed E-state index contributed by atoms with van der Waals surface area (Å²) in [7, 11) is 1.94. The maximum absolute atomic E-state index is 13.0. The summed E-state index contributed by atoms with van der Waals surface area (Å²) in [4.78, 5) is 15.0. The lowest BCUT2D eigenvalue weighted by Gasteiger charge is -2.35. The molecule has 0 bridgehead atoms. The van der Waals surface area contributed by atoms with Gasteiger partial charge in [0.05, 0.1) is 12.1 Å². The first-order valence-corrected chi connectivity index (χ1v) is 8.92. The highest BCUT2D eigenvalue weighted by Gasteiger charge is 2.27. The number of piperidine rings is 1. The lowest BCUT2D eigenvalue weighted by Crippen LogP contribution is -2.42. The highest BCUT2D eigenvalue weighted by atomic mass is 16.2. The lowest BCUT2D eigenvalue weighted by atomic mass is 9.91. The Bertz CT molecular complexity index is 744. The number of nitrogens with one attached hydrogen (secondary N) is 1. The van der Waals surface area contributed by atoms with Crippen molar-refractivity contribution in [1.29, 1.82) is 0 Å². The van der Waals surface area contributed by atoms with E-state index in [2.05, 4.69) is 29.4 Å². The Morgan fingerprint density at radius 1 is 1.20 bits per heavy atom. The minimum Gasteiger partial charge on any atom is -0.377 e. The second-order valence-corrected chi connectivity index (χ2v) is 7.28. The summed E-state index contributed by atoms with van der Waals surface area (Å²) in [6, 6.07) is 7.72. The molecule has 0 saturated carbocycles. The SMILES string of the molecule is Cc1nnc(CNc2ccccc2C(=O)N2CC(C)CC(C)C2)n1C. The topological polar surface area (TPSA) is 63.1 Å². The second-order valence-electron chi connectivity index (χ2n) is 7.28. The first-order valence-electron chi connectivity index (χ1n) is 8.92. The van der Waals surface area contributed by atoms with Gasteiger partial charge in [-0.15, -0.1) is 10.2 Å². The molecule has 0 spiro atoms. The molecule has 2 unspecified atom stereocenters. The Morgan fingerprint density at radius 2 is 1.88 bits per heavy atom. The molecule has 2 aromatic rings. The molecule has 25 heavy (non-hydrogen) atoms. The largest absolute Gasteiger partial charge is 0.377 e. The summed E-state index contributed by atoms with van der Waals surface area (Å²) in [5.74, 6) is 2.93. The van der Waals surface area contributed by atoms with E-state index < -0.39 is 0 Å². The van der Waals surface area contributed by atoms with Crippen molar-refractivity contribution in [2.24, 2.45) is 18.9 Å². The van der Waals surface area contributed by atoms with E-state index in [1.165, 1.54) is 6.42 Å². The molecule has 1 N–H and O–H groups in total. The third-order valence-electron chi connectivity index (χ3n) is 4.93. The first kappa shape index (κ1) is 17.5. The number of anilines is 1. The van der Waals surface area contributed by atoms with Crippen LogP contribution in [0.4, 0.5) is 5.69 Å². The Morgan fingerprint density at radius 3 is 2.52 bits per heavy atom. The van der Waals surface area contributed by atoms with Crippen LogP contribution in [-0.4, -0.2) is 38.7 Å². The van der Waals surface area contributed by atoms with Gasteiger partial charge in [-0.25, -0.2) is 0 Å². The van der Waals surface area contributed by atoms with Crippen LogP contribution < -0.4 is 5.32 Å². The van der Waals surface area contributed by atoms with Crippen LogP contribution in [0.25, 0.3) is 0 Å². The summed E-state index contributed by atoms with van der Waals surface area (Å²) in [5, 5.41) is 11.6. The average Bonchev–Trinajstić information content (AvgIpc) is 2.90. The second kappa shape index (κ2) is 7.25. The number of hydrogen-bond acceptors (Lipinski definition) is 4. The van der Waals surface area contributed by atoms with Crippen molar-refractivity contribution in [1.82, 2.24) is 19.7 Å². The van der Waals surface area contributed by atoms with Gasteiger partial charge in [-0.1, -0.05) is 26.0 Å². The molecule has 134 valence electrons. The van der Waals surface area contributed by atoms with Gasteiger partial charge < -0.3 is 14.8 Å². The van der Waals surface area contributed by atoms with Crippen molar-refractivity contribution < 1.29 is 4.79 Å². The van der Waals surface area contributed by atoms with E-state index in [1.54, 1.807) is 0 Å². The van der Waals surface area contributed by atoms with Crippen LogP contribution in [0, 0.1) is 18.8 Å². The predicted molar refractivity (Wildman–Crippen MR) is 98.4 cm³/mol. The zero-order valence-electron chi connectivity index (χ0n) is 15.5. The van der Waals surface area contributed by atoms with E-state index in [9.17, 15) is 4.79 Å². The molecule has 6 nitrogen and oxygen atoms in total. The van der Waals surface area contributed by atoms with Gasteiger partial charge in [0.25, 0.3) is 5.91 Å². The monoisotopic (exact) mass is 341 g/mol. The molecule has 3 rings (SSSR count). The number of rotatable bonds is 4. The maximum atomic E-state index is 13.0. The standard InChI is InChI=1S/C19H27N5O/c1-13-9-14(2)12-24(11-13)19(25)16-7-5-6-8-17(16)20-10-18-22-21-15(3)23(18)4/h5-8,13-14,20H,9-12H2,1-4H3. The van der Waals surface area contributed by atoms with Crippen LogP contribution in [0.3, 0.4) is 0 Å². The minimum absolute atomic E-state index is 0.107. The molecule has 0 radical (unpaired) electrons. The Hall–Kier alpha value is -2.37. The zero-order chi connectivity index (χ0) is 18.0. The average molecular weight is 341 g/mol. The van der Waals surface area contributed by atoms with Crippen LogP contribution in [0.2, 0.25) is 0 Å². The summed E-state index contributed by atoms with van der Waals surface area (Å²) in [6.07, 6.45) is 1.19. The number of nitrogens with zero attached hydrogens (tertiary/aromatic N) is 4. The van der Waals surface area contributed by atoms with E-state index in [0.29, 0.717) is 18.4 Å². The van der Waals surface area contributed by atoms with Crippen molar-refractivity contribution in [2.75, 3.05) is 18.4 Å². The lowest BCUT2D eigenvalue weighted by molar-refractivity contribution is 0.0624. The number of carbonyl (C=O) groups is 1. The fourth-order valence-corrected chi connectivity index (χ4v) is 3.60. The first-order chi connectivity index (χ1) is 12.0. The number of para-hydroxylation sites is 1. The van der Waals surface area contributed by atoms with Crippen LogP contribution in [-0.2, 0) is 13.6 Å². The predicted octanol–water partition coefficient (Wildman–Crippen LogP) is 2.85. The molecular formula is C19H27N5O. The number of benzene rings is 1. The Labute approximate surface area is 149 Å². The number of hydrogen-bond donors (Lipinski definition) is 1. The fourth-order valence-electron chi connectivity index (χ4n) is 3.60. The van der Waals surface area contributed by atoms with Crippen LogP contribution in [0.1, 0.15) is 42.3 Å². The van der Waals surface area contributed by atoms with Crippen molar-refractivity contribution in [3.05, 3.63) is 41.5 Å². The Kier molecular flexibility index (Phi) is 5.06. The number of amides is 1. The molecular weight excluding hydrogens is 314 g/mol. The summed E-state index contributed by atoms with van der Waals surface area (Å²) >= 11 is 0. The van der Waals surface area contributed by atoms with Crippen LogP contribution >= 0.6 is 0 Å². The highest BCUT2D eigenvalue weighted by molar-refractivity contribution is 5.99. The van der Waals surface area contributed by atoms with Gasteiger partial charge in [0, 0.05) is 25.8 Å². The number of aromatic nitrogens is 3. The third kappa shape index (κ3) is 3.83. The Balaban J connectivity index is 1.76. The molecule has 0 aliphatic carbocycles. The van der Waals surface area contributed by atoms with Gasteiger partial charge in [0.1, 0.15) is 5.82 Å². The quantitative estimate of drug-likeness (QED) is 0.929. The summed E-state index contributed by atoms with van der Waals surface area (Å²) < 4.78 is 1.95. The van der Waals surface area contributed by atoms with E-state index >= 15 is 0 Å². The van der Waals surface area contributed by atoms with E-state index in [1.807, 2.05) is 47.7 Å². The molecule has 2 atom stereocenters. The number of likely N-dealkylation sites (tertiary alicyclic amines) is 1. The highest BCUT2D eigenvalue weighted by Crippen LogP contribution is 2.25. The number of aryl methyl sites for hydroxylation is 1. The van der Waals surface area contributed by atoms with Gasteiger partial charge in [0.15, 0.2) is 5.82 Å². The van der Waals surface area contributed by atoms with Gasteiger partial charge in [-0.3, -0.25) is 4.79 Å². The number of carbonyl (C=O) groups excluding carboxylic acids is 1. The van der Waals surface area contributed by atoms with E-state index in [0.717, 1.165) is 36.0 Å². The van der Waals surface area contributed by atoms with Gasteiger partial charge in [-0.2, -0.15) is 0 Å². The van der Waals surface area contributed by atoms with Gasteiger partial charge in [-0.05, 0) is 37.3 Å². The third-order valence-corrected chi connectivity index (χ3v) is 4.93. The van der Waals surface area contributed by atoms with Crippen molar-refractivity contribution in [3.63, 3.8) is 0 Å². The molecule has 1 aliphatic rings. The molecule has 1 aromatic carbocycles. The fraction of sp³-hybridized carbons (Fsp3) is 0.526. The normalized spacial score (nSPS) is 20.6. The van der Waals surface area contributed by atoms with Crippen LogP contribution in [0.15, 0.2) is 24.3 Å². The van der Waals surface area contributed by atoms with E-state index in [4.69, 9.17) is 0 Å². The molecule has 1 amide bonds. The molecule has 1 aromatic heterocycles. The van der Waals surface area contributed by atoms with Crippen molar-refractivity contribution in [3.8, 4) is 0 Å². The molecule has 1 aliphatic heterocycles. The summed E-state index contributed by atoms with van der Waals surface area (Å²) in [5.41, 5.74) is 1.57. The molecule has 6 heteroatoms. The maximum Gasteiger partial charge on any atom is 0.255 e. The van der Waals surface area contributed by atoms with Crippen molar-refractivity contribution >= 4 is 11.6 Å². The minimum atomic E-state index is 0.107. The van der Waals surface area contributed by atoms with Crippen molar-refractivity contribution in [2.45, 2.75) is 33.7 Å². The van der Waals surface area contributed by atoms with Crippen LogP contribution in [0.5, 0.6) is 0 Å². The molecule has 1 saturated heterocycles. The molecule has 2 heterocycles. The molecule has 1 fully saturated rings. The van der Waals surface area contributed by atoms with E-state index in [-0.39, 0.29) is 5.91 Å². The van der Waals surface area contributed by atoms with Gasteiger partial charge in [0.2, 0.25) is 0 Å². The van der Waals surface area contributed by atoms with Gasteiger partial charge >= 0.3 is 0 Å².